The molecule has 0 fully saturated rings. The van der Waals surface area contributed by atoms with Crippen LogP contribution in [0.4, 0.5) is 9.18 Å². The molecule has 0 spiro atoms. The number of halogens is 1. The smallest absolute Gasteiger partial charge is 0.326 e. The molecule has 136 valence electrons. The molecule has 1 aromatic rings. The lowest BCUT2D eigenvalue weighted by atomic mass is 10.1. The van der Waals surface area contributed by atoms with E-state index < -0.39 is 48.3 Å². The van der Waals surface area contributed by atoms with Crippen molar-refractivity contribution in [2.45, 2.75) is 31.3 Å². The number of aliphatic carboxylic acids is 3. The minimum Gasteiger partial charge on any atom is -0.481 e. The van der Waals surface area contributed by atoms with Crippen LogP contribution < -0.4 is 10.6 Å². The molecule has 1 aromatic carbocycles. The van der Waals surface area contributed by atoms with E-state index in [4.69, 9.17) is 15.3 Å². The number of carbonyl (C=O) groups excluding carboxylic acids is 1. The van der Waals surface area contributed by atoms with Gasteiger partial charge in [0.1, 0.15) is 17.9 Å². The number of carboxylic acid groups (broad SMARTS) is 3. The van der Waals surface area contributed by atoms with Crippen molar-refractivity contribution >= 4 is 23.9 Å². The van der Waals surface area contributed by atoms with E-state index in [9.17, 15) is 23.6 Å². The largest absolute Gasteiger partial charge is 0.481 e. The third-order valence-corrected chi connectivity index (χ3v) is 3.21. The molecule has 0 aliphatic carbocycles. The van der Waals surface area contributed by atoms with Gasteiger partial charge in [0.2, 0.25) is 0 Å². The van der Waals surface area contributed by atoms with Gasteiger partial charge in [-0.3, -0.25) is 4.79 Å². The van der Waals surface area contributed by atoms with Crippen LogP contribution in [-0.2, 0) is 20.8 Å². The lowest BCUT2D eigenvalue weighted by Gasteiger charge is -2.18. The van der Waals surface area contributed by atoms with E-state index in [-0.39, 0.29) is 12.8 Å². The van der Waals surface area contributed by atoms with Gasteiger partial charge in [-0.25, -0.2) is 18.8 Å². The van der Waals surface area contributed by atoms with Crippen LogP contribution in [0.2, 0.25) is 0 Å². The molecule has 2 unspecified atom stereocenters. The molecule has 0 radical (unpaired) electrons. The molecule has 5 N–H and O–H groups in total. The summed E-state index contributed by atoms with van der Waals surface area (Å²) in [6.07, 6.45) is -0.973. The standard InChI is InChI=1S/C15H17FN2O7/c16-9-3-1-8(2-4-9)7-11(14(23)24)18-15(25)17-10(13(21)22)5-6-12(19)20/h1-4,10-11H,5-7H2,(H,19,20)(H,21,22)(H,23,24)(H2,17,18,25). The predicted molar refractivity (Wildman–Crippen MR) is 81.5 cm³/mol. The van der Waals surface area contributed by atoms with Gasteiger partial charge in [-0.1, -0.05) is 12.1 Å². The van der Waals surface area contributed by atoms with Crippen molar-refractivity contribution in [2.24, 2.45) is 0 Å². The summed E-state index contributed by atoms with van der Waals surface area (Å²) in [5.74, 6) is -4.53. The van der Waals surface area contributed by atoms with Crippen LogP contribution in [0.25, 0.3) is 0 Å². The minimum atomic E-state index is -1.48. The Bertz CT molecular complexity index is 648. The Labute approximate surface area is 141 Å². The normalized spacial score (nSPS) is 12.7. The second-order valence-electron chi connectivity index (χ2n) is 5.16. The highest BCUT2D eigenvalue weighted by Gasteiger charge is 2.25. The van der Waals surface area contributed by atoms with Gasteiger partial charge in [0, 0.05) is 12.8 Å². The zero-order valence-corrected chi connectivity index (χ0v) is 12.9. The SMILES string of the molecule is O=C(O)CCC(NC(=O)NC(Cc1ccc(F)cc1)C(=O)O)C(=O)O. The molecule has 0 aliphatic heterocycles. The van der Waals surface area contributed by atoms with Crippen molar-refractivity contribution in [3.8, 4) is 0 Å². The molecule has 0 aliphatic rings. The van der Waals surface area contributed by atoms with Crippen LogP contribution in [0.1, 0.15) is 18.4 Å². The Kier molecular flexibility index (Phi) is 7.32. The third kappa shape index (κ3) is 7.29. The first-order valence-electron chi connectivity index (χ1n) is 7.18. The fraction of sp³-hybridized carbons (Fsp3) is 0.333. The Morgan fingerprint density at radius 1 is 0.920 bits per heavy atom. The van der Waals surface area contributed by atoms with Gasteiger partial charge >= 0.3 is 23.9 Å². The van der Waals surface area contributed by atoms with E-state index in [0.717, 1.165) is 12.1 Å². The highest BCUT2D eigenvalue weighted by molar-refractivity contribution is 5.86. The fourth-order valence-electron chi connectivity index (χ4n) is 1.94. The lowest BCUT2D eigenvalue weighted by molar-refractivity contribution is -0.140. The second kappa shape index (κ2) is 9.21. The van der Waals surface area contributed by atoms with Crippen LogP contribution in [0, 0.1) is 5.82 Å². The molecule has 1 rings (SSSR count). The molecule has 0 bridgehead atoms. The molecule has 0 heterocycles. The van der Waals surface area contributed by atoms with Gasteiger partial charge in [0.25, 0.3) is 0 Å². The number of carboxylic acids is 3. The Hall–Kier alpha value is -3.17. The van der Waals surface area contributed by atoms with Crippen LogP contribution >= 0.6 is 0 Å². The van der Waals surface area contributed by atoms with Gasteiger partial charge < -0.3 is 26.0 Å². The monoisotopic (exact) mass is 356 g/mol. The van der Waals surface area contributed by atoms with Crippen molar-refractivity contribution < 1.29 is 38.9 Å². The molecule has 2 atom stereocenters. The molecule has 0 saturated carbocycles. The second-order valence-corrected chi connectivity index (χ2v) is 5.16. The molecular formula is C15H17FN2O7. The third-order valence-electron chi connectivity index (χ3n) is 3.21. The van der Waals surface area contributed by atoms with Gasteiger partial charge in [-0.2, -0.15) is 0 Å². The van der Waals surface area contributed by atoms with E-state index in [1.165, 1.54) is 12.1 Å². The van der Waals surface area contributed by atoms with Gasteiger partial charge in [0.15, 0.2) is 0 Å². The van der Waals surface area contributed by atoms with E-state index >= 15 is 0 Å². The summed E-state index contributed by atoms with van der Waals surface area (Å²) in [4.78, 5) is 44.5. The predicted octanol–water partition coefficient (Wildman–Crippen LogP) is 0.439. The van der Waals surface area contributed by atoms with Gasteiger partial charge in [0.05, 0.1) is 0 Å². The molecule has 10 heteroatoms. The molecule has 2 amide bonds. The summed E-state index contributed by atoms with van der Waals surface area (Å²) < 4.78 is 12.8. The van der Waals surface area contributed by atoms with Crippen molar-refractivity contribution in [1.82, 2.24) is 10.6 Å². The fourth-order valence-corrected chi connectivity index (χ4v) is 1.94. The molecule has 9 nitrogen and oxygen atoms in total. The summed E-state index contributed by atoms with van der Waals surface area (Å²) in [5, 5.41) is 30.8. The Morgan fingerprint density at radius 2 is 1.44 bits per heavy atom. The van der Waals surface area contributed by atoms with E-state index in [2.05, 4.69) is 5.32 Å². The molecular weight excluding hydrogens is 339 g/mol. The van der Waals surface area contributed by atoms with Crippen molar-refractivity contribution in [1.29, 1.82) is 0 Å². The summed E-state index contributed by atoms with van der Waals surface area (Å²) in [7, 11) is 0. The first kappa shape index (κ1) is 19.9. The van der Waals surface area contributed by atoms with E-state index in [0.29, 0.717) is 5.56 Å². The summed E-state index contributed by atoms with van der Waals surface area (Å²) in [5.41, 5.74) is 0.453. The number of nitrogens with one attached hydrogen (secondary N) is 2. The van der Waals surface area contributed by atoms with E-state index in [1.54, 1.807) is 0 Å². The summed E-state index contributed by atoms with van der Waals surface area (Å²) in [6.45, 7) is 0. The zero-order valence-electron chi connectivity index (χ0n) is 12.9. The number of benzene rings is 1. The van der Waals surface area contributed by atoms with E-state index in [1.807, 2.05) is 5.32 Å². The number of amides is 2. The topological polar surface area (TPSA) is 153 Å². The van der Waals surface area contributed by atoms with Crippen LogP contribution in [0.5, 0.6) is 0 Å². The molecule has 0 saturated heterocycles. The number of hydrogen-bond acceptors (Lipinski definition) is 4. The van der Waals surface area contributed by atoms with Crippen LogP contribution in [0.15, 0.2) is 24.3 Å². The number of urea groups is 1. The van der Waals surface area contributed by atoms with Gasteiger partial charge in [-0.15, -0.1) is 0 Å². The zero-order chi connectivity index (χ0) is 19.0. The van der Waals surface area contributed by atoms with Crippen LogP contribution in [0.3, 0.4) is 0 Å². The highest BCUT2D eigenvalue weighted by Crippen LogP contribution is 2.06. The van der Waals surface area contributed by atoms with Crippen molar-refractivity contribution in [3.63, 3.8) is 0 Å². The van der Waals surface area contributed by atoms with Crippen LogP contribution in [-0.4, -0.2) is 51.3 Å². The first-order valence-corrected chi connectivity index (χ1v) is 7.18. The number of rotatable bonds is 9. The van der Waals surface area contributed by atoms with Crippen molar-refractivity contribution in [2.75, 3.05) is 0 Å². The average molecular weight is 356 g/mol. The Morgan fingerprint density at radius 3 is 1.92 bits per heavy atom. The summed E-state index contributed by atoms with van der Waals surface area (Å²) >= 11 is 0. The van der Waals surface area contributed by atoms with Gasteiger partial charge in [-0.05, 0) is 24.1 Å². The lowest BCUT2D eigenvalue weighted by Crippen LogP contribution is -2.51. The summed E-state index contributed by atoms with van der Waals surface area (Å²) in [6, 6.07) is 1.08. The number of hydrogen-bond donors (Lipinski definition) is 5. The quantitative estimate of drug-likeness (QED) is 0.430. The number of carbonyl (C=O) groups is 4. The Balaban J connectivity index is 2.68. The maximum Gasteiger partial charge on any atom is 0.326 e. The maximum absolute atomic E-state index is 12.8. The minimum absolute atomic E-state index is 0.143. The van der Waals surface area contributed by atoms with Crippen molar-refractivity contribution in [3.05, 3.63) is 35.6 Å². The first-order chi connectivity index (χ1) is 11.7. The molecule has 0 aromatic heterocycles. The average Bonchev–Trinajstić information content (AvgIpc) is 2.52. The molecule has 25 heavy (non-hydrogen) atoms. The highest BCUT2D eigenvalue weighted by atomic mass is 19.1. The maximum atomic E-state index is 12.8.